The smallest absolute Gasteiger partial charge is 0.410 e. The van der Waals surface area contributed by atoms with Crippen molar-refractivity contribution in [2.24, 2.45) is 0 Å². The van der Waals surface area contributed by atoms with E-state index in [9.17, 15) is 14.4 Å². The normalized spacial score (nSPS) is 13.0. The largest absolute Gasteiger partial charge is 0.450 e. The number of nitrogens with zero attached hydrogens (tertiary/aromatic N) is 3. The molecule has 0 unspecified atom stereocenters. The number of aryl methyl sites for hydroxylation is 1. The van der Waals surface area contributed by atoms with Crippen molar-refractivity contribution >= 4 is 12.0 Å². The predicted molar refractivity (Wildman–Crippen MR) is 103 cm³/mol. The highest BCUT2D eigenvalue weighted by Crippen LogP contribution is 2.15. The van der Waals surface area contributed by atoms with Crippen molar-refractivity contribution in [3.63, 3.8) is 0 Å². The quantitative estimate of drug-likeness (QED) is 0.841. The van der Waals surface area contributed by atoms with Gasteiger partial charge in [0.1, 0.15) is 6.54 Å². The second kappa shape index (κ2) is 8.69. The average molecular weight is 384 g/mol. The van der Waals surface area contributed by atoms with Crippen molar-refractivity contribution in [3.8, 4) is 0 Å². The molecule has 28 heavy (non-hydrogen) atoms. The van der Waals surface area contributed by atoms with Gasteiger partial charge in [0, 0.05) is 31.1 Å². The summed E-state index contributed by atoms with van der Waals surface area (Å²) in [5.74, 6) is -0.279. The topological polar surface area (TPSA) is 93.5 Å². The molecule has 1 aromatic carbocycles. The lowest BCUT2D eigenvalue weighted by molar-refractivity contribution is -0.122. The first-order valence-electron chi connectivity index (χ1n) is 9.30. The first-order valence-corrected chi connectivity index (χ1v) is 9.30. The molecule has 0 spiro atoms. The van der Waals surface area contributed by atoms with E-state index >= 15 is 0 Å². The lowest BCUT2D eigenvalue weighted by atomic mass is 10.1. The highest BCUT2D eigenvalue weighted by Gasteiger charge is 2.24. The Balaban J connectivity index is 1.62. The summed E-state index contributed by atoms with van der Waals surface area (Å²) in [4.78, 5) is 37.9. The van der Waals surface area contributed by atoms with Crippen molar-refractivity contribution in [2.45, 2.75) is 39.9 Å². The number of nitrogens with one attached hydrogen (secondary N) is 1. The van der Waals surface area contributed by atoms with E-state index in [-0.39, 0.29) is 24.6 Å². The summed E-state index contributed by atoms with van der Waals surface area (Å²) in [6, 6.07) is 9.32. The van der Waals surface area contributed by atoms with Crippen LogP contribution in [0, 0.1) is 6.92 Å². The molecule has 1 aliphatic rings. The Morgan fingerprint density at radius 2 is 2.00 bits per heavy atom. The third-order valence-corrected chi connectivity index (χ3v) is 4.57. The fraction of sp³-hybridized carbons (Fsp3) is 0.400. The first kappa shape index (κ1) is 19.6. The van der Waals surface area contributed by atoms with Crippen molar-refractivity contribution in [3.05, 3.63) is 63.1 Å². The van der Waals surface area contributed by atoms with Gasteiger partial charge in [0.05, 0.1) is 18.8 Å². The molecular weight excluding hydrogens is 360 g/mol. The molecular formula is C20H24N4O4. The standard InChI is InChI=1S/C20H24N4O4/c1-3-28-20(27)23-9-8-17-16(12-23)10-19(26)24(22-17)13-18(25)21-11-15-6-4-14(2)5-7-15/h4-7,10H,3,8-9,11-13H2,1-2H3,(H,21,25). The summed E-state index contributed by atoms with van der Waals surface area (Å²) in [5.41, 5.74) is 3.20. The van der Waals surface area contributed by atoms with Crippen molar-refractivity contribution in [1.82, 2.24) is 20.0 Å². The van der Waals surface area contributed by atoms with Crippen LogP contribution < -0.4 is 10.9 Å². The van der Waals surface area contributed by atoms with E-state index < -0.39 is 6.09 Å². The number of ether oxygens (including phenoxy) is 1. The van der Waals surface area contributed by atoms with E-state index in [0.29, 0.717) is 31.7 Å². The Hall–Kier alpha value is -3.16. The van der Waals surface area contributed by atoms with Gasteiger partial charge >= 0.3 is 6.09 Å². The lowest BCUT2D eigenvalue weighted by Gasteiger charge is -2.27. The predicted octanol–water partition coefficient (Wildman–Crippen LogP) is 1.38. The lowest BCUT2D eigenvalue weighted by Crippen LogP contribution is -2.40. The second-order valence-electron chi connectivity index (χ2n) is 6.74. The first-order chi connectivity index (χ1) is 13.5. The molecule has 2 aromatic rings. The van der Waals surface area contributed by atoms with Crippen LogP contribution in [-0.2, 0) is 35.6 Å². The zero-order chi connectivity index (χ0) is 20.1. The third kappa shape index (κ3) is 4.76. The number of benzene rings is 1. The number of rotatable bonds is 5. The summed E-state index contributed by atoms with van der Waals surface area (Å²) in [6.45, 7) is 5.07. The van der Waals surface area contributed by atoms with E-state index in [4.69, 9.17) is 4.74 Å². The fourth-order valence-electron chi connectivity index (χ4n) is 3.02. The van der Waals surface area contributed by atoms with Crippen molar-refractivity contribution < 1.29 is 14.3 Å². The van der Waals surface area contributed by atoms with Gasteiger partial charge in [-0.15, -0.1) is 0 Å². The Morgan fingerprint density at radius 1 is 1.25 bits per heavy atom. The number of amides is 2. The maximum Gasteiger partial charge on any atom is 0.410 e. The fourth-order valence-corrected chi connectivity index (χ4v) is 3.02. The van der Waals surface area contributed by atoms with Crippen molar-refractivity contribution in [2.75, 3.05) is 13.2 Å². The van der Waals surface area contributed by atoms with Crippen LogP contribution in [0.4, 0.5) is 4.79 Å². The van der Waals surface area contributed by atoms with Gasteiger partial charge in [-0.3, -0.25) is 9.59 Å². The maximum atomic E-state index is 12.3. The van der Waals surface area contributed by atoms with E-state index in [0.717, 1.165) is 16.8 Å². The van der Waals surface area contributed by atoms with Gasteiger partial charge in [-0.1, -0.05) is 29.8 Å². The molecule has 1 aromatic heterocycles. The SMILES string of the molecule is CCOC(=O)N1CCc2nn(CC(=O)NCc3ccc(C)cc3)c(=O)cc2C1. The molecule has 0 bridgehead atoms. The van der Waals surface area contributed by atoms with Crippen LogP contribution in [0.25, 0.3) is 0 Å². The van der Waals surface area contributed by atoms with Gasteiger partial charge in [0.2, 0.25) is 5.91 Å². The molecule has 1 aliphatic heterocycles. The molecule has 1 N–H and O–H groups in total. The van der Waals surface area contributed by atoms with Gasteiger partial charge in [0.25, 0.3) is 5.56 Å². The van der Waals surface area contributed by atoms with E-state index in [1.807, 2.05) is 31.2 Å². The molecule has 0 fully saturated rings. The van der Waals surface area contributed by atoms with Crippen LogP contribution in [0.15, 0.2) is 35.1 Å². The Morgan fingerprint density at radius 3 is 2.71 bits per heavy atom. The molecule has 0 radical (unpaired) electrons. The van der Waals surface area contributed by atoms with Crippen LogP contribution in [0.2, 0.25) is 0 Å². The molecule has 0 atom stereocenters. The summed E-state index contributed by atoms with van der Waals surface area (Å²) in [6.07, 6.45) is 0.118. The number of carbonyl (C=O) groups is 2. The minimum Gasteiger partial charge on any atom is -0.450 e. The zero-order valence-corrected chi connectivity index (χ0v) is 16.1. The Kier molecular flexibility index (Phi) is 6.08. The van der Waals surface area contributed by atoms with E-state index in [1.54, 1.807) is 11.8 Å². The maximum absolute atomic E-state index is 12.3. The van der Waals surface area contributed by atoms with Crippen LogP contribution in [0.3, 0.4) is 0 Å². The summed E-state index contributed by atoms with van der Waals surface area (Å²) < 4.78 is 6.17. The van der Waals surface area contributed by atoms with E-state index in [2.05, 4.69) is 10.4 Å². The molecule has 8 nitrogen and oxygen atoms in total. The Labute approximate surface area is 163 Å². The molecule has 0 aliphatic carbocycles. The highest BCUT2D eigenvalue weighted by atomic mass is 16.6. The summed E-state index contributed by atoms with van der Waals surface area (Å²) in [7, 11) is 0. The molecule has 148 valence electrons. The second-order valence-corrected chi connectivity index (χ2v) is 6.74. The zero-order valence-electron chi connectivity index (χ0n) is 16.1. The number of hydrogen-bond acceptors (Lipinski definition) is 5. The van der Waals surface area contributed by atoms with Gasteiger partial charge in [-0.25, -0.2) is 9.48 Å². The molecule has 2 heterocycles. The van der Waals surface area contributed by atoms with E-state index in [1.165, 1.54) is 10.7 Å². The van der Waals surface area contributed by atoms with Gasteiger partial charge < -0.3 is 15.0 Å². The van der Waals surface area contributed by atoms with Crippen LogP contribution >= 0.6 is 0 Å². The summed E-state index contributed by atoms with van der Waals surface area (Å²) >= 11 is 0. The van der Waals surface area contributed by atoms with Gasteiger partial charge in [-0.05, 0) is 19.4 Å². The molecule has 0 saturated carbocycles. The highest BCUT2D eigenvalue weighted by molar-refractivity contribution is 5.75. The minimum absolute atomic E-state index is 0.139. The summed E-state index contributed by atoms with van der Waals surface area (Å²) in [5, 5.41) is 7.13. The monoisotopic (exact) mass is 384 g/mol. The molecule has 8 heteroatoms. The van der Waals surface area contributed by atoms with Crippen LogP contribution in [-0.4, -0.2) is 39.8 Å². The number of carbonyl (C=O) groups excluding carboxylic acids is 2. The average Bonchev–Trinajstić information content (AvgIpc) is 2.68. The van der Waals surface area contributed by atoms with Crippen LogP contribution in [0.1, 0.15) is 29.3 Å². The van der Waals surface area contributed by atoms with Gasteiger partial charge in [0.15, 0.2) is 0 Å². The number of aromatic nitrogens is 2. The third-order valence-electron chi connectivity index (χ3n) is 4.57. The number of fused-ring (bicyclic) bond motifs is 1. The van der Waals surface area contributed by atoms with Crippen molar-refractivity contribution in [1.29, 1.82) is 0 Å². The molecule has 2 amide bonds. The molecule has 0 saturated heterocycles. The van der Waals surface area contributed by atoms with Crippen LogP contribution in [0.5, 0.6) is 0 Å². The Bertz CT molecular complexity index is 921. The minimum atomic E-state index is -0.396. The number of hydrogen-bond donors (Lipinski definition) is 1. The molecule has 3 rings (SSSR count). The van der Waals surface area contributed by atoms with Gasteiger partial charge in [-0.2, -0.15) is 5.10 Å².